The highest BCUT2D eigenvalue weighted by atomic mass is 19.3. The van der Waals surface area contributed by atoms with Crippen LogP contribution in [0, 0.1) is 5.82 Å². The Morgan fingerprint density at radius 1 is 1.07 bits per heavy atom. The Balaban J connectivity index is 1.59. The molecular formula is C22H22F3N3. The molecule has 1 aliphatic heterocycles. The van der Waals surface area contributed by atoms with Crippen molar-refractivity contribution < 1.29 is 13.2 Å². The minimum Gasteiger partial charge on any atom is -0.330 e. The second-order valence-corrected chi connectivity index (χ2v) is 7.40. The van der Waals surface area contributed by atoms with Gasteiger partial charge in [-0.2, -0.15) is 0 Å². The zero-order valence-electron chi connectivity index (χ0n) is 15.9. The van der Waals surface area contributed by atoms with Gasteiger partial charge in [-0.05, 0) is 29.8 Å². The van der Waals surface area contributed by atoms with Gasteiger partial charge in [-0.25, -0.2) is 18.2 Å². The molecule has 3 nitrogen and oxygen atoms in total. The third-order valence-corrected chi connectivity index (χ3v) is 5.32. The average molecular weight is 385 g/mol. The molecule has 2 heterocycles. The summed E-state index contributed by atoms with van der Waals surface area (Å²) in [7, 11) is 1.95. The molecule has 0 aliphatic carbocycles. The van der Waals surface area contributed by atoms with E-state index in [4.69, 9.17) is 4.98 Å². The summed E-state index contributed by atoms with van der Waals surface area (Å²) in [5.74, 6) is -2.34. The highest BCUT2D eigenvalue weighted by molar-refractivity contribution is 5.57. The van der Waals surface area contributed by atoms with E-state index in [0.29, 0.717) is 18.7 Å². The maximum atomic E-state index is 13.9. The van der Waals surface area contributed by atoms with Crippen LogP contribution in [0.2, 0.25) is 0 Å². The van der Waals surface area contributed by atoms with E-state index in [1.165, 1.54) is 18.2 Å². The fourth-order valence-electron chi connectivity index (χ4n) is 3.86. The molecule has 4 rings (SSSR count). The molecule has 0 amide bonds. The van der Waals surface area contributed by atoms with Gasteiger partial charge in [0.05, 0.1) is 11.4 Å². The van der Waals surface area contributed by atoms with Crippen LogP contribution in [-0.2, 0) is 32.5 Å². The van der Waals surface area contributed by atoms with Crippen molar-refractivity contribution in [2.45, 2.75) is 32.4 Å². The Morgan fingerprint density at radius 3 is 2.50 bits per heavy atom. The van der Waals surface area contributed by atoms with Crippen molar-refractivity contribution in [1.29, 1.82) is 0 Å². The van der Waals surface area contributed by atoms with Gasteiger partial charge in [-0.1, -0.05) is 24.3 Å². The van der Waals surface area contributed by atoms with Crippen molar-refractivity contribution in [1.82, 2.24) is 14.5 Å². The molecular weight excluding hydrogens is 363 g/mol. The lowest BCUT2D eigenvalue weighted by molar-refractivity contribution is 0.0157. The zero-order chi connectivity index (χ0) is 19.9. The van der Waals surface area contributed by atoms with Crippen molar-refractivity contribution in [2.75, 3.05) is 6.54 Å². The largest absolute Gasteiger partial charge is 0.330 e. The van der Waals surface area contributed by atoms with Crippen molar-refractivity contribution in [3.05, 3.63) is 76.9 Å². The van der Waals surface area contributed by atoms with Crippen molar-refractivity contribution in [3.63, 3.8) is 0 Å². The van der Waals surface area contributed by atoms with Gasteiger partial charge in [-0.15, -0.1) is 0 Å². The standard InChI is InChI=1S/C22H22F3N3/c1-22(24,25)18-6-4-3-5-16(18)13-28-12-11-19-20(14-28)27(2)21(26-19)15-7-9-17(23)10-8-15/h3-10H,11-14H2,1-2H3. The summed E-state index contributed by atoms with van der Waals surface area (Å²) in [6.45, 7) is 2.81. The summed E-state index contributed by atoms with van der Waals surface area (Å²) in [6.07, 6.45) is 0.759. The van der Waals surface area contributed by atoms with Gasteiger partial charge in [0.15, 0.2) is 0 Å². The summed E-state index contributed by atoms with van der Waals surface area (Å²) >= 11 is 0. The first-order valence-electron chi connectivity index (χ1n) is 9.32. The summed E-state index contributed by atoms with van der Waals surface area (Å²) in [5, 5.41) is 0. The van der Waals surface area contributed by atoms with Crippen LogP contribution in [0.4, 0.5) is 13.2 Å². The lowest BCUT2D eigenvalue weighted by Crippen LogP contribution is -2.31. The summed E-state index contributed by atoms with van der Waals surface area (Å²) in [5.41, 5.74) is 3.69. The first kappa shape index (κ1) is 18.7. The lowest BCUT2D eigenvalue weighted by Gasteiger charge is -2.28. The van der Waals surface area contributed by atoms with E-state index in [0.717, 1.165) is 42.7 Å². The lowest BCUT2D eigenvalue weighted by atomic mass is 10.0. The quantitative estimate of drug-likeness (QED) is 0.637. The van der Waals surface area contributed by atoms with E-state index in [1.54, 1.807) is 30.3 Å². The predicted octanol–water partition coefficient (Wildman–Crippen LogP) is 4.90. The minimum atomic E-state index is -2.86. The van der Waals surface area contributed by atoms with Crippen LogP contribution < -0.4 is 0 Å². The van der Waals surface area contributed by atoms with Crippen molar-refractivity contribution >= 4 is 0 Å². The summed E-state index contributed by atoms with van der Waals surface area (Å²) in [6, 6.07) is 13.0. The van der Waals surface area contributed by atoms with Crippen LogP contribution in [0.3, 0.4) is 0 Å². The van der Waals surface area contributed by atoms with Gasteiger partial charge in [0.1, 0.15) is 11.6 Å². The van der Waals surface area contributed by atoms with Crippen LogP contribution in [0.15, 0.2) is 48.5 Å². The number of aromatic nitrogens is 2. The third kappa shape index (κ3) is 3.56. The molecule has 0 bridgehead atoms. The molecule has 0 spiro atoms. The van der Waals surface area contributed by atoms with Crippen molar-refractivity contribution in [3.8, 4) is 11.4 Å². The molecule has 146 valence electrons. The minimum absolute atomic E-state index is 0.0813. The molecule has 0 saturated heterocycles. The van der Waals surface area contributed by atoms with Gasteiger partial charge in [-0.3, -0.25) is 4.90 Å². The zero-order valence-corrected chi connectivity index (χ0v) is 15.9. The van der Waals surface area contributed by atoms with Crippen LogP contribution in [0.5, 0.6) is 0 Å². The molecule has 0 radical (unpaired) electrons. The monoisotopic (exact) mass is 385 g/mol. The molecule has 28 heavy (non-hydrogen) atoms. The van der Waals surface area contributed by atoms with Crippen LogP contribution >= 0.6 is 0 Å². The van der Waals surface area contributed by atoms with Gasteiger partial charge in [0, 0.05) is 51.2 Å². The first-order chi connectivity index (χ1) is 13.3. The molecule has 0 N–H and O–H groups in total. The number of fused-ring (bicyclic) bond motifs is 1. The van der Waals surface area contributed by atoms with E-state index in [1.807, 2.05) is 11.6 Å². The smallest absolute Gasteiger partial charge is 0.270 e. The Bertz CT molecular complexity index is 987. The fourth-order valence-corrected chi connectivity index (χ4v) is 3.86. The van der Waals surface area contributed by atoms with E-state index in [2.05, 4.69) is 4.90 Å². The first-order valence-corrected chi connectivity index (χ1v) is 9.32. The number of benzene rings is 2. The molecule has 6 heteroatoms. The number of imidazole rings is 1. The van der Waals surface area contributed by atoms with Gasteiger partial charge < -0.3 is 4.57 Å². The number of nitrogens with zero attached hydrogens (tertiary/aromatic N) is 3. The van der Waals surface area contributed by atoms with E-state index >= 15 is 0 Å². The molecule has 3 aromatic rings. The fraction of sp³-hybridized carbons (Fsp3) is 0.318. The van der Waals surface area contributed by atoms with Crippen LogP contribution in [0.25, 0.3) is 11.4 Å². The predicted molar refractivity (Wildman–Crippen MR) is 102 cm³/mol. The SMILES string of the molecule is Cn1c(-c2ccc(F)cc2)nc2c1CN(Cc1ccccc1C(C)(F)F)CC2. The highest BCUT2D eigenvalue weighted by Gasteiger charge is 2.29. The van der Waals surface area contributed by atoms with E-state index in [-0.39, 0.29) is 11.4 Å². The maximum Gasteiger partial charge on any atom is 0.270 e. The molecule has 0 atom stereocenters. The molecule has 0 saturated carbocycles. The molecule has 1 aromatic heterocycles. The number of hydrogen-bond donors (Lipinski definition) is 0. The third-order valence-electron chi connectivity index (χ3n) is 5.32. The van der Waals surface area contributed by atoms with Crippen molar-refractivity contribution in [2.24, 2.45) is 7.05 Å². The number of hydrogen-bond acceptors (Lipinski definition) is 2. The topological polar surface area (TPSA) is 21.1 Å². The second kappa shape index (κ2) is 7.09. The average Bonchev–Trinajstić information content (AvgIpc) is 2.98. The normalized spacial score (nSPS) is 14.9. The molecule has 1 aliphatic rings. The second-order valence-electron chi connectivity index (χ2n) is 7.40. The number of rotatable bonds is 4. The number of alkyl halides is 2. The van der Waals surface area contributed by atoms with E-state index < -0.39 is 5.92 Å². The highest BCUT2D eigenvalue weighted by Crippen LogP contribution is 2.32. The maximum absolute atomic E-state index is 13.9. The molecule has 2 aromatic carbocycles. The summed E-state index contributed by atoms with van der Waals surface area (Å²) < 4.78 is 43.1. The van der Waals surface area contributed by atoms with Gasteiger partial charge in [0.2, 0.25) is 0 Å². The Labute approximate surface area is 162 Å². The Morgan fingerprint density at radius 2 is 1.79 bits per heavy atom. The van der Waals surface area contributed by atoms with Crippen LogP contribution in [0.1, 0.15) is 29.4 Å². The molecule has 0 fully saturated rings. The Kier molecular flexibility index (Phi) is 4.75. The van der Waals surface area contributed by atoms with Gasteiger partial charge >= 0.3 is 0 Å². The van der Waals surface area contributed by atoms with Gasteiger partial charge in [0.25, 0.3) is 5.92 Å². The number of halogens is 3. The van der Waals surface area contributed by atoms with Crippen LogP contribution in [-0.4, -0.2) is 21.0 Å². The molecule has 0 unspecified atom stereocenters. The summed E-state index contributed by atoms with van der Waals surface area (Å²) in [4.78, 5) is 6.91. The Hall–Kier alpha value is -2.60. The van der Waals surface area contributed by atoms with E-state index in [9.17, 15) is 13.2 Å².